The molecule has 0 atom stereocenters. The Kier molecular flexibility index (Phi) is 6.04. The molecule has 0 radical (unpaired) electrons. The van der Waals surface area contributed by atoms with Crippen LogP contribution in [-0.2, 0) is 10.0 Å². The molecule has 0 aliphatic heterocycles. The number of aryl methyl sites for hydroxylation is 1. The Bertz CT molecular complexity index is 597. The molecular formula is C13H19NO4S2. The molecule has 1 aromatic carbocycles. The number of benzene rings is 1. The Morgan fingerprint density at radius 1 is 1.35 bits per heavy atom. The summed E-state index contributed by atoms with van der Waals surface area (Å²) in [6.45, 7) is 3.79. The monoisotopic (exact) mass is 317 g/mol. The third-order valence-electron chi connectivity index (χ3n) is 2.79. The van der Waals surface area contributed by atoms with Gasteiger partial charge in [-0.25, -0.2) is 18.4 Å². The second-order valence-electron chi connectivity index (χ2n) is 4.53. The van der Waals surface area contributed by atoms with Gasteiger partial charge in [-0.3, -0.25) is 0 Å². The fourth-order valence-corrected chi connectivity index (χ4v) is 4.06. The molecule has 0 bridgehead atoms. The molecule has 0 aliphatic rings. The topological polar surface area (TPSA) is 97.5 Å². The van der Waals surface area contributed by atoms with Crippen molar-refractivity contribution >= 4 is 27.8 Å². The number of unbranched alkanes of at least 4 members (excludes halogenated alkanes) is 2. The summed E-state index contributed by atoms with van der Waals surface area (Å²) in [5, 5.41) is 14.2. The highest BCUT2D eigenvalue weighted by molar-refractivity contribution is 8.00. The van der Waals surface area contributed by atoms with Gasteiger partial charge in [0.25, 0.3) is 0 Å². The van der Waals surface area contributed by atoms with E-state index in [0.717, 1.165) is 31.1 Å². The molecule has 0 saturated heterocycles. The summed E-state index contributed by atoms with van der Waals surface area (Å²) in [5.74, 6) is -0.385. The van der Waals surface area contributed by atoms with Gasteiger partial charge in [0.15, 0.2) is 0 Å². The van der Waals surface area contributed by atoms with Crippen molar-refractivity contribution in [3.63, 3.8) is 0 Å². The minimum Gasteiger partial charge on any atom is -0.478 e. The maximum absolute atomic E-state index is 11.6. The smallest absolute Gasteiger partial charge is 0.335 e. The first-order valence-electron chi connectivity index (χ1n) is 6.31. The van der Waals surface area contributed by atoms with Crippen molar-refractivity contribution in [3.8, 4) is 0 Å². The van der Waals surface area contributed by atoms with Crippen molar-refractivity contribution in [1.29, 1.82) is 0 Å². The van der Waals surface area contributed by atoms with Gasteiger partial charge in [0.2, 0.25) is 10.0 Å². The first-order valence-corrected chi connectivity index (χ1v) is 8.84. The SMILES string of the molecule is CCCCCSc1c(C)cc(C(=O)O)cc1S(N)(=O)=O. The average Bonchev–Trinajstić information content (AvgIpc) is 2.34. The molecular weight excluding hydrogens is 298 g/mol. The number of carbonyl (C=O) groups is 1. The summed E-state index contributed by atoms with van der Waals surface area (Å²) < 4.78 is 23.3. The van der Waals surface area contributed by atoms with Crippen LogP contribution in [0.25, 0.3) is 0 Å². The predicted molar refractivity (Wildman–Crippen MR) is 79.8 cm³/mol. The Morgan fingerprint density at radius 3 is 2.50 bits per heavy atom. The Hall–Kier alpha value is -1.05. The van der Waals surface area contributed by atoms with Crippen molar-refractivity contribution < 1.29 is 18.3 Å². The number of carboxylic acid groups (broad SMARTS) is 1. The molecule has 0 heterocycles. The Morgan fingerprint density at radius 2 is 2.00 bits per heavy atom. The molecule has 0 spiro atoms. The van der Waals surface area contributed by atoms with Gasteiger partial charge in [-0.15, -0.1) is 11.8 Å². The summed E-state index contributed by atoms with van der Waals surface area (Å²) >= 11 is 1.41. The van der Waals surface area contributed by atoms with E-state index in [4.69, 9.17) is 10.2 Å². The zero-order valence-corrected chi connectivity index (χ0v) is 13.2. The highest BCUT2D eigenvalue weighted by atomic mass is 32.2. The van der Waals surface area contributed by atoms with Crippen LogP contribution in [0.3, 0.4) is 0 Å². The number of hydrogen-bond acceptors (Lipinski definition) is 4. The van der Waals surface area contributed by atoms with E-state index in [0.29, 0.717) is 10.5 Å². The number of rotatable bonds is 7. The van der Waals surface area contributed by atoms with E-state index in [9.17, 15) is 13.2 Å². The lowest BCUT2D eigenvalue weighted by molar-refractivity contribution is 0.0696. The molecule has 7 heteroatoms. The van der Waals surface area contributed by atoms with Crippen LogP contribution in [-0.4, -0.2) is 25.2 Å². The van der Waals surface area contributed by atoms with Crippen molar-refractivity contribution in [2.45, 2.75) is 42.9 Å². The minimum atomic E-state index is -3.94. The van der Waals surface area contributed by atoms with Crippen LogP contribution in [0.15, 0.2) is 21.9 Å². The molecule has 1 rings (SSSR count). The third kappa shape index (κ3) is 4.50. The van der Waals surface area contributed by atoms with E-state index in [1.54, 1.807) is 6.92 Å². The quantitative estimate of drug-likeness (QED) is 0.595. The number of carboxylic acids is 1. The van der Waals surface area contributed by atoms with E-state index in [1.165, 1.54) is 17.8 Å². The molecule has 0 amide bonds. The molecule has 0 unspecified atom stereocenters. The Labute approximate surface area is 123 Å². The minimum absolute atomic E-state index is 0.0653. The summed E-state index contributed by atoms with van der Waals surface area (Å²) in [5.41, 5.74) is 0.555. The fourth-order valence-electron chi connectivity index (χ4n) is 1.79. The maximum Gasteiger partial charge on any atom is 0.335 e. The lowest BCUT2D eigenvalue weighted by Gasteiger charge is -2.12. The molecule has 5 nitrogen and oxygen atoms in total. The van der Waals surface area contributed by atoms with Gasteiger partial charge in [-0.05, 0) is 36.8 Å². The van der Waals surface area contributed by atoms with Crippen LogP contribution in [0.5, 0.6) is 0 Å². The predicted octanol–water partition coefficient (Wildman–Crippen LogP) is 2.62. The van der Waals surface area contributed by atoms with Crippen LogP contribution in [0.4, 0.5) is 0 Å². The number of primary sulfonamides is 1. The van der Waals surface area contributed by atoms with Gasteiger partial charge in [-0.2, -0.15) is 0 Å². The molecule has 0 aromatic heterocycles. The van der Waals surface area contributed by atoms with Crippen LogP contribution in [0.2, 0.25) is 0 Å². The van der Waals surface area contributed by atoms with Crippen LogP contribution < -0.4 is 5.14 Å². The van der Waals surface area contributed by atoms with E-state index >= 15 is 0 Å². The van der Waals surface area contributed by atoms with E-state index in [2.05, 4.69) is 6.92 Å². The highest BCUT2D eigenvalue weighted by Crippen LogP contribution is 2.31. The molecule has 0 aliphatic carbocycles. The molecule has 0 fully saturated rings. The molecule has 112 valence electrons. The average molecular weight is 317 g/mol. The van der Waals surface area contributed by atoms with Crippen LogP contribution in [0.1, 0.15) is 42.1 Å². The van der Waals surface area contributed by atoms with Crippen molar-refractivity contribution in [2.24, 2.45) is 5.14 Å². The number of nitrogens with two attached hydrogens (primary N) is 1. The fraction of sp³-hybridized carbons (Fsp3) is 0.462. The van der Waals surface area contributed by atoms with Gasteiger partial charge in [0, 0.05) is 4.90 Å². The van der Waals surface area contributed by atoms with Gasteiger partial charge in [-0.1, -0.05) is 19.8 Å². The molecule has 1 aromatic rings. The van der Waals surface area contributed by atoms with Crippen molar-refractivity contribution in [3.05, 3.63) is 23.3 Å². The zero-order valence-electron chi connectivity index (χ0n) is 11.5. The highest BCUT2D eigenvalue weighted by Gasteiger charge is 2.19. The van der Waals surface area contributed by atoms with Crippen LogP contribution >= 0.6 is 11.8 Å². The lowest BCUT2D eigenvalue weighted by atomic mass is 10.1. The van der Waals surface area contributed by atoms with Gasteiger partial charge < -0.3 is 5.11 Å². The number of sulfonamides is 1. The first kappa shape index (κ1) is 17.0. The zero-order chi connectivity index (χ0) is 15.3. The molecule has 20 heavy (non-hydrogen) atoms. The summed E-state index contributed by atoms with van der Waals surface area (Å²) in [6, 6.07) is 2.60. The van der Waals surface area contributed by atoms with Gasteiger partial charge >= 0.3 is 5.97 Å². The number of aromatic carboxylic acids is 1. The lowest BCUT2D eigenvalue weighted by Crippen LogP contribution is -2.15. The number of thioether (sulfide) groups is 1. The summed E-state index contributed by atoms with van der Waals surface area (Å²) in [7, 11) is -3.94. The third-order valence-corrected chi connectivity index (χ3v) is 5.18. The van der Waals surface area contributed by atoms with E-state index < -0.39 is 16.0 Å². The molecule has 3 N–H and O–H groups in total. The van der Waals surface area contributed by atoms with Gasteiger partial charge in [0.1, 0.15) is 0 Å². The van der Waals surface area contributed by atoms with Crippen LogP contribution in [0, 0.1) is 6.92 Å². The normalized spacial score (nSPS) is 11.6. The van der Waals surface area contributed by atoms with E-state index in [-0.39, 0.29) is 10.5 Å². The first-order chi connectivity index (χ1) is 9.27. The largest absolute Gasteiger partial charge is 0.478 e. The second kappa shape index (κ2) is 7.10. The van der Waals surface area contributed by atoms with Crippen molar-refractivity contribution in [1.82, 2.24) is 0 Å². The van der Waals surface area contributed by atoms with Crippen molar-refractivity contribution in [2.75, 3.05) is 5.75 Å². The second-order valence-corrected chi connectivity index (χ2v) is 7.16. The summed E-state index contributed by atoms with van der Waals surface area (Å²) in [4.78, 5) is 11.4. The van der Waals surface area contributed by atoms with Gasteiger partial charge in [0.05, 0.1) is 10.5 Å². The maximum atomic E-state index is 11.6. The summed E-state index contributed by atoms with van der Waals surface area (Å²) in [6.07, 6.45) is 3.13. The standard InChI is InChI=1S/C13H19NO4S2/c1-3-4-5-6-19-12-9(2)7-10(13(15)16)8-11(12)20(14,17)18/h7-8H,3-6H2,1-2H3,(H,15,16)(H2,14,17,18). The van der Waals surface area contributed by atoms with E-state index in [1.807, 2.05) is 0 Å². The Balaban J connectivity index is 3.18. The number of hydrogen-bond donors (Lipinski definition) is 2. The molecule has 0 saturated carbocycles.